The Balaban J connectivity index is 1.87. The molecule has 1 N–H and O–H groups in total. The van der Waals surface area contributed by atoms with Gasteiger partial charge in [-0.3, -0.25) is 0 Å². The van der Waals surface area contributed by atoms with Crippen LogP contribution in [0.2, 0.25) is 15.1 Å². The Kier molecular flexibility index (Phi) is 4.83. The summed E-state index contributed by atoms with van der Waals surface area (Å²) in [5, 5.41) is 0.861. The lowest BCUT2D eigenvalue weighted by molar-refractivity contribution is 0.581. The fourth-order valence-corrected chi connectivity index (χ4v) is 5.54. The predicted molar refractivity (Wildman–Crippen MR) is 95.1 cm³/mol. The molecule has 120 valence electrons. The van der Waals surface area contributed by atoms with Crippen LogP contribution in [-0.4, -0.2) is 13.4 Å². The zero-order valence-electron chi connectivity index (χ0n) is 11.4. The number of benzene rings is 2. The average Bonchev–Trinajstić information content (AvgIpc) is 2.86. The van der Waals surface area contributed by atoms with Crippen molar-refractivity contribution in [3.63, 3.8) is 0 Å². The Hall–Kier alpha value is -0.890. The van der Waals surface area contributed by atoms with Crippen molar-refractivity contribution in [1.82, 2.24) is 9.71 Å². The summed E-state index contributed by atoms with van der Waals surface area (Å²) in [6.07, 6.45) is 0. The van der Waals surface area contributed by atoms with E-state index >= 15 is 0 Å². The number of nitrogens with zero attached hydrogens (tertiary/aromatic N) is 1. The summed E-state index contributed by atoms with van der Waals surface area (Å²) >= 11 is 19.1. The molecule has 0 amide bonds. The molecule has 1 heterocycles. The van der Waals surface area contributed by atoms with Crippen molar-refractivity contribution >= 4 is 66.4 Å². The van der Waals surface area contributed by atoms with Crippen molar-refractivity contribution in [1.29, 1.82) is 0 Å². The summed E-state index contributed by atoms with van der Waals surface area (Å²) in [4.78, 5) is 4.18. The Morgan fingerprint density at radius 2 is 1.74 bits per heavy atom. The van der Waals surface area contributed by atoms with Gasteiger partial charge in [-0.25, -0.2) is 18.1 Å². The topological polar surface area (TPSA) is 59.1 Å². The number of hydrogen-bond donors (Lipinski definition) is 1. The molecule has 0 aliphatic carbocycles. The molecule has 0 saturated heterocycles. The number of rotatable bonds is 4. The van der Waals surface area contributed by atoms with Crippen LogP contribution in [0.1, 0.15) is 5.01 Å². The molecule has 9 heteroatoms. The van der Waals surface area contributed by atoms with E-state index in [1.807, 2.05) is 24.3 Å². The lowest BCUT2D eigenvalue weighted by atomic mass is 10.3. The quantitative estimate of drug-likeness (QED) is 0.680. The normalized spacial score (nSPS) is 12.0. The van der Waals surface area contributed by atoms with E-state index in [4.69, 9.17) is 34.8 Å². The lowest BCUT2D eigenvalue weighted by Gasteiger charge is -2.09. The minimum absolute atomic E-state index is 0.0284. The minimum atomic E-state index is -3.88. The van der Waals surface area contributed by atoms with Gasteiger partial charge in [-0.05, 0) is 24.3 Å². The Bertz CT molecular complexity index is 931. The molecule has 0 fully saturated rings. The first kappa shape index (κ1) is 17.0. The molecule has 3 rings (SSSR count). The third-order valence-corrected chi connectivity index (χ3v) is 6.56. The first-order chi connectivity index (χ1) is 10.9. The molecule has 0 unspecified atom stereocenters. The van der Waals surface area contributed by atoms with Crippen molar-refractivity contribution in [3.8, 4) is 0 Å². The Morgan fingerprint density at radius 3 is 2.39 bits per heavy atom. The molecule has 0 saturated carbocycles. The fourth-order valence-electron chi connectivity index (χ4n) is 2.01. The highest BCUT2D eigenvalue weighted by Gasteiger charge is 2.22. The van der Waals surface area contributed by atoms with Gasteiger partial charge in [-0.1, -0.05) is 46.9 Å². The molecule has 1 aromatic heterocycles. The van der Waals surface area contributed by atoms with Gasteiger partial charge in [-0.15, -0.1) is 11.3 Å². The van der Waals surface area contributed by atoms with Crippen LogP contribution in [0.25, 0.3) is 10.2 Å². The number of sulfonamides is 1. The van der Waals surface area contributed by atoms with Gasteiger partial charge in [0.15, 0.2) is 0 Å². The third kappa shape index (κ3) is 3.63. The van der Waals surface area contributed by atoms with E-state index < -0.39 is 10.0 Å². The highest BCUT2D eigenvalue weighted by molar-refractivity contribution is 7.89. The summed E-state index contributed by atoms with van der Waals surface area (Å²) in [7, 11) is -3.88. The van der Waals surface area contributed by atoms with E-state index in [1.165, 1.54) is 23.5 Å². The van der Waals surface area contributed by atoms with Crippen LogP contribution in [0.5, 0.6) is 0 Å². The van der Waals surface area contributed by atoms with Gasteiger partial charge in [0.05, 0.1) is 26.8 Å². The van der Waals surface area contributed by atoms with Crippen LogP contribution >= 0.6 is 46.1 Å². The Labute approximate surface area is 152 Å². The number of para-hydroxylation sites is 1. The molecule has 23 heavy (non-hydrogen) atoms. The lowest BCUT2D eigenvalue weighted by Crippen LogP contribution is -2.23. The van der Waals surface area contributed by atoms with Crippen LogP contribution in [0.4, 0.5) is 0 Å². The summed E-state index contributed by atoms with van der Waals surface area (Å²) in [5.41, 5.74) is 0.828. The first-order valence-electron chi connectivity index (χ1n) is 6.35. The third-order valence-electron chi connectivity index (χ3n) is 2.98. The molecule has 0 radical (unpaired) electrons. The number of fused-ring (bicyclic) bond motifs is 1. The maximum absolute atomic E-state index is 12.4. The van der Waals surface area contributed by atoms with Crippen LogP contribution in [0.3, 0.4) is 0 Å². The largest absolute Gasteiger partial charge is 0.243 e. The van der Waals surface area contributed by atoms with Gasteiger partial charge >= 0.3 is 0 Å². The average molecular weight is 408 g/mol. The second-order valence-corrected chi connectivity index (χ2v) is 8.67. The van der Waals surface area contributed by atoms with Crippen LogP contribution in [0.15, 0.2) is 41.3 Å². The molecule has 0 aliphatic heterocycles. The van der Waals surface area contributed by atoms with E-state index in [-0.39, 0.29) is 26.5 Å². The highest BCUT2D eigenvalue weighted by Crippen LogP contribution is 2.32. The predicted octanol–water partition coefficient (Wildman–Crippen LogP) is 4.74. The zero-order chi connectivity index (χ0) is 16.6. The van der Waals surface area contributed by atoms with Crippen LogP contribution in [-0.2, 0) is 16.6 Å². The molecule has 2 aromatic carbocycles. The van der Waals surface area contributed by atoms with Crippen molar-refractivity contribution in [3.05, 3.63) is 56.5 Å². The second kappa shape index (κ2) is 6.55. The number of thiazole rings is 1. The van der Waals surface area contributed by atoms with E-state index in [2.05, 4.69) is 9.71 Å². The minimum Gasteiger partial charge on any atom is -0.240 e. The van der Waals surface area contributed by atoms with E-state index in [0.717, 1.165) is 10.2 Å². The van der Waals surface area contributed by atoms with Crippen molar-refractivity contribution in [2.45, 2.75) is 11.4 Å². The molecule has 0 aliphatic rings. The molecule has 0 atom stereocenters. The van der Waals surface area contributed by atoms with Gasteiger partial charge in [0, 0.05) is 5.02 Å². The molecule has 3 aromatic rings. The summed E-state index contributed by atoms with van der Waals surface area (Å²) in [5.74, 6) is 0. The smallest absolute Gasteiger partial charge is 0.240 e. The maximum atomic E-state index is 12.4. The van der Waals surface area contributed by atoms with Crippen molar-refractivity contribution < 1.29 is 8.42 Å². The van der Waals surface area contributed by atoms with Gasteiger partial charge in [0.1, 0.15) is 9.90 Å². The van der Waals surface area contributed by atoms with Crippen molar-refractivity contribution in [2.24, 2.45) is 0 Å². The van der Waals surface area contributed by atoms with Crippen LogP contribution < -0.4 is 4.72 Å². The maximum Gasteiger partial charge on any atom is 0.243 e. The van der Waals surface area contributed by atoms with Gasteiger partial charge in [-0.2, -0.15) is 0 Å². The van der Waals surface area contributed by atoms with E-state index in [1.54, 1.807) is 0 Å². The summed E-state index contributed by atoms with van der Waals surface area (Å²) < 4.78 is 28.3. The molecular formula is C14H9Cl3N2O2S2. The highest BCUT2D eigenvalue weighted by atomic mass is 35.5. The standard InChI is InChI=1S/C14H9Cl3N2O2S2/c15-8-5-9(16)14(10(17)6-8)23(20,21)18-7-13-19-11-3-1-2-4-12(11)22-13/h1-6,18H,7H2. The number of aromatic nitrogens is 1. The Morgan fingerprint density at radius 1 is 1.09 bits per heavy atom. The van der Waals surface area contributed by atoms with Crippen LogP contribution in [0, 0.1) is 0 Å². The molecular weight excluding hydrogens is 399 g/mol. The first-order valence-corrected chi connectivity index (χ1v) is 9.79. The zero-order valence-corrected chi connectivity index (χ0v) is 15.3. The van der Waals surface area contributed by atoms with Gasteiger partial charge in [0.25, 0.3) is 0 Å². The number of nitrogens with one attached hydrogen (secondary N) is 1. The summed E-state index contributed by atoms with van der Waals surface area (Å²) in [6.45, 7) is 0.0525. The molecule has 0 bridgehead atoms. The second-order valence-electron chi connectivity index (χ2n) is 4.60. The molecule has 4 nitrogen and oxygen atoms in total. The van der Waals surface area contributed by atoms with Gasteiger partial charge in [0.2, 0.25) is 10.0 Å². The SMILES string of the molecule is O=S(=O)(NCc1nc2ccccc2s1)c1c(Cl)cc(Cl)cc1Cl. The summed E-state index contributed by atoms with van der Waals surface area (Å²) in [6, 6.07) is 10.3. The van der Waals surface area contributed by atoms with E-state index in [9.17, 15) is 8.42 Å². The number of halogens is 3. The fraction of sp³-hybridized carbons (Fsp3) is 0.0714. The van der Waals surface area contributed by atoms with Gasteiger partial charge < -0.3 is 0 Å². The number of hydrogen-bond acceptors (Lipinski definition) is 4. The van der Waals surface area contributed by atoms with Crippen molar-refractivity contribution in [2.75, 3.05) is 0 Å². The monoisotopic (exact) mass is 406 g/mol. The van der Waals surface area contributed by atoms with E-state index in [0.29, 0.717) is 5.01 Å². The molecule has 0 spiro atoms.